The molecule has 0 radical (unpaired) electrons. The molecule has 0 N–H and O–H groups in total. The van der Waals surface area contributed by atoms with Gasteiger partial charge in [-0.2, -0.15) is 0 Å². The lowest BCUT2D eigenvalue weighted by Gasteiger charge is -2.25. The van der Waals surface area contributed by atoms with Crippen LogP contribution in [0.15, 0.2) is 54.9 Å². The number of benzene rings is 1. The van der Waals surface area contributed by atoms with Crippen LogP contribution in [-0.4, -0.2) is 11.0 Å². The molecule has 1 unspecified atom stereocenters. The van der Waals surface area contributed by atoms with Crippen LogP contribution in [0.2, 0.25) is 0 Å². The smallest absolute Gasteiger partial charge is 0.410 e. The summed E-state index contributed by atoms with van der Waals surface area (Å²) in [7, 11) is 0. The van der Waals surface area contributed by atoms with Gasteiger partial charge in [0.25, 0.3) is 0 Å². The first-order valence-electron chi connectivity index (χ1n) is 7.66. The Hall–Kier alpha value is -2.03. The standard InChI is InChI=1S/C18H23NO2/c1-3-8-15(4-2)16-11-13-19(14-12-16)18(20)21-17-9-6-5-7-10-17/h5-7,9-16H,3-4,8H2,1-2H3. The molecule has 1 heterocycles. The fourth-order valence-corrected chi connectivity index (χ4v) is 2.62. The molecule has 0 bridgehead atoms. The van der Waals surface area contributed by atoms with E-state index in [2.05, 4.69) is 26.0 Å². The van der Waals surface area contributed by atoms with Crippen molar-refractivity contribution in [2.75, 3.05) is 0 Å². The average molecular weight is 285 g/mol. The number of hydrogen-bond acceptors (Lipinski definition) is 2. The second-order valence-electron chi connectivity index (χ2n) is 5.31. The van der Waals surface area contributed by atoms with Crippen LogP contribution >= 0.6 is 0 Å². The summed E-state index contributed by atoms with van der Waals surface area (Å²) in [5.41, 5.74) is 0. The van der Waals surface area contributed by atoms with Crippen LogP contribution < -0.4 is 4.74 Å². The van der Waals surface area contributed by atoms with Crippen LogP contribution in [0, 0.1) is 11.8 Å². The molecular weight excluding hydrogens is 262 g/mol. The van der Waals surface area contributed by atoms with Crippen LogP contribution in [0.4, 0.5) is 4.79 Å². The zero-order valence-electron chi connectivity index (χ0n) is 12.7. The number of allylic oxidation sites excluding steroid dienone is 2. The van der Waals surface area contributed by atoms with E-state index in [1.807, 2.05) is 30.6 Å². The summed E-state index contributed by atoms with van der Waals surface area (Å²) in [6.07, 6.45) is 11.0. The molecular formula is C18H23NO2. The Kier molecular flexibility index (Phi) is 5.61. The molecule has 1 aromatic carbocycles. The largest absolute Gasteiger partial charge is 0.423 e. The number of hydrogen-bond donors (Lipinski definition) is 0. The number of para-hydroxylation sites is 1. The third kappa shape index (κ3) is 4.22. The van der Waals surface area contributed by atoms with Crippen LogP contribution in [0.25, 0.3) is 0 Å². The molecule has 3 nitrogen and oxygen atoms in total. The van der Waals surface area contributed by atoms with Crippen molar-refractivity contribution in [3.8, 4) is 5.75 Å². The van der Waals surface area contributed by atoms with Crippen molar-refractivity contribution < 1.29 is 9.53 Å². The first-order valence-corrected chi connectivity index (χ1v) is 7.66. The van der Waals surface area contributed by atoms with E-state index in [9.17, 15) is 4.79 Å². The molecule has 2 rings (SSSR count). The maximum Gasteiger partial charge on any atom is 0.423 e. The van der Waals surface area contributed by atoms with Gasteiger partial charge in [-0.25, -0.2) is 4.79 Å². The Labute approximate surface area is 126 Å². The van der Waals surface area contributed by atoms with Crippen molar-refractivity contribution in [3.05, 3.63) is 54.9 Å². The van der Waals surface area contributed by atoms with E-state index in [1.165, 1.54) is 17.7 Å². The normalized spacial score (nSPS) is 16.0. The lowest BCUT2D eigenvalue weighted by molar-refractivity contribution is 0.181. The number of amides is 1. The van der Waals surface area contributed by atoms with Crippen LogP contribution in [-0.2, 0) is 0 Å². The number of rotatable bonds is 5. The minimum absolute atomic E-state index is 0.379. The third-order valence-electron chi connectivity index (χ3n) is 3.83. The van der Waals surface area contributed by atoms with Crippen molar-refractivity contribution in [2.45, 2.75) is 33.1 Å². The van der Waals surface area contributed by atoms with Gasteiger partial charge in [0.1, 0.15) is 5.75 Å². The average Bonchev–Trinajstić information content (AvgIpc) is 2.54. The summed E-state index contributed by atoms with van der Waals surface area (Å²) in [6.45, 7) is 4.43. The van der Waals surface area contributed by atoms with Crippen molar-refractivity contribution in [1.29, 1.82) is 0 Å². The lowest BCUT2D eigenvalue weighted by atomic mass is 9.85. The van der Waals surface area contributed by atoms with Crippen molar-refractivity contribution in [1.82, 2.24) is 4.90 Å². The zero-order chi connectivity index (χ0) is 15.1. The zero-order valence-corrected chi connectivity index (χ0v) is 12.7. The molecule has 1 amide bonds. The topological polar surface area (TPSA) is 29.5 Å². The molecule has 0 aromatic heterocycles. The highest BCUT2D eigenvalue weighted by Gasteiger charge is 2.20. The van der Waals surface area contributed by atoms with Crippen molar-refractivity contribution >= 4 is 6.09 Å². The highest BCUT2D eigenvalue weighted by atomic mass is 16.6. The van der Waals surface area contributed by atoms with Gasteiger partial charge in [-0.1, -0.05) is 57.0 Å². The van der Waals surface area contributed by atoms with Crippen molar-refractivity contribution in [2.24, 2.45) is 11.8 Å². The second kappa shape index (κ2) is 7.67. The highest BCUT2D eigenvalue weighted by Crippen LogP contribution is 2.26. The van der Waals surface area contributed by atoms with E-state index in [4.69, 9.17) is 4.74 Å². The summed E-state index contributed by atoms with van der Waals surface area (Å²) in [4.78, 5) is 13.5. The van der Waals surface area contributed by atoms with E-state index < -0.39 is 0 Å². The van der Waals surface area contributed by atoms with Crippen LogP contribution in [0.1, 0.15) is 33.1 Å². The van der Waals surface area contributed by atoms with Gasteiger partial charge < -0.3 is 4.74 Å². The fourth-order valence-electron chi connectivity index (χ4n) is 2.62. The van der Waals surface area contributed by atoms with Crippen LogP contribution in [0.5, 0.6) is 5.75 Å². The molecule has 0 aliphatic carbocycles. The lowest BCUT2D eigenvalue weighted by Crippen LogP contribution is -2.27. The van der Waals surface area contributed by atoms with Crippen molar-refractivity contribution in [3.63, 3.8) is 0 Å². The quantitative estimate of drug-likeness (QED) is 0.764. The minimum Gasteiger partial charge on any atom is -0.410 e. The number of carbonyl (C=O) groups excluding carboxylic acids is 1. The maximum absolute atomic E-state index is 12.0. The minimum atomic E-state index is -0.379. The highest BCUT2D eigenvalue weighted by molar-refractivity contribution is 5.73. The number of carbonyl (C=O) groups is 1. The molecule has 0 spiro atoms. The van der Waals surface area contributed by atoms with Gasteiger partial charge in [-0.3, -0.25) is 4.90 Å². The van der Waals surface area contributed by atoms with E-state index in [1.54, 1.807) is 12.1 Å². The molecule has 0 saturated heterocycles. The Morgan fingerprint density at radius 1 is 1.19 bits per heavy atom. The van der Waals surface area contributed by atoms with E-state index in [0.29, 0.717) is 17.6 Å². The van der Waals surface area contributed by atoms with Gasteiger partial charge in [-0.05, 0) is 24.5 Å². The summed E-state index contributed by atoms with van der Waals surface area (Å²) >= 11 is 0. The Balaban J connectivity index is 1.93. The Morgan fingerprint density at radius 3 is 2.43 bits per heavy atom. The van der Waals surface area contributed by atoms with E-state index >= 15 is 0 Å². The van der Waals surface area contributed by atoms with Gasteiger partial charge in [0.05, 0.1) is 0 Å². The van der Waals surface area contributed by atoms with Gasteiger partial charge >= 0.3 is 6.09 Å². The summed E-state index contributed by atoms with van der Waals surface area (Å²) in [5.74, 6) is 1.62. The van der Waals surface area contributed by atoms with Gasteiger partial charge in [0.2, 0.25) is 0 Å². The predicted molar refractivity (Wildman–Crippen MR) is 84.8 cm³/mol. The molecule has 112 valence electrons. The first kappa shape index (κ1) is 15.4. The van der Waals surface area contributed by atoms with Crippen LogP contribution in [0.3, 0.4) is 0 Å². The summed E-state index contributed by atoms with van der Waals surface area (Å²) in [5, 5.41) is 0. The molecule has 1 aliphatic heterocycles. The van der Waals surface area contributed by atoms with Gasteiger partial charge in [0, 0.05) is 18.3 Å². The fraction of sp³-hybridized carbons (Fsp3) is 0.389. The molecule has 0 fully saturated rings. The van der Waals surface area contributed by atoms with Gasteiger partial charge in [-0.15, -0.1) is 0 Å². The Morgan fingerprint density at radius 2 is 1.86 bits per heavy atom. The maximum atomic E-state index is 12.0. The number of ether oxygens (including phenoxy) is 1. The number of nitrogens with zero attached hydrogens (tertiary/aromatic N) is 1. The molecule has 1 atom stereocenters. The Bertz CT molecular complexity index is 493. The van der Waals surface area contributed by atoms with E-state index in [-0.39, 0.29) is 6.09 Å². The monoisotopic (exact) mass is 285 g/mol. The van der Waals surface area contributed by atoms with E-state index in [0.717, 1.165) is 6.42 Å². The molecule has 3 heteroatoms. The molecule has 0 saturated carbocycles. The SMILES string of the molecule is CCCC(CC)C1C=CN(C(=O)Oc2ccccc2)C=C1. The predicted octanol–water partition coefficient (Wildman–Crippen LogP) is 4.97. The summed E-state index contributed by atoms with van der Waals surface area (Å²) < 4.78 is 5.31. The molecule has 1 aliphatic rings. The second-order valence-corrected chi connectivity index (χ2v) is 5.31. The third-order valence-corrected chi connectivity index (χ3v) is 3.83. The molecule has 21 heavy (non-hydrogen) atoms. The summed E-state index contributed by atoms with van der Waals surface area (Å²) in [6, 6.07) is 9.12. The molecule has 1 aromatic rings. The first-order chi connectivity index (χ1) is 10.2. The van der Waals surface area contributed by atoms with Gasteiger partial charge in [0.15, 0.2) is 0 Å².